The summed E-state index contributed by atoms with van der Waals surface area (Å²) in [4.78, 5) is 23.1. The highest BCUT2D eigenvalue weighted by molar-refractivity contribution is 6.32. The fraction of sp³-hybridized carbons (Fsp3) is 0.429. The fourth-order valence-electron chi connectivity index (χ4n) is 1.83. The maximum absolute atomic E-state index is 11.7. The van der Waals surface area contributed by atoms with Gasteiger partial charge in [0, 0.05) is 19.0 Å². The minimum atomic E-state index is -0.378. The Balaban J connectivity index is 1.74. The van der Waals surface area contributed by atoms with Crippen molar-refractivity contribution in [3.63, 3.8) is 0 Å². The van der Waals surface area contributed by atoms with Crippen LogP contribution in [0.1, 0.15) is 12.8 Å². The molecule has 0 radical (unpaired) electrons. The highest BCUT2D eigenvalue weighted by Crippen LogP contribution is 2.32. The van der Waals surface area contributed by atoms with Crippen LogP contribution in [0.25, 0.3) is 0 Å². The monoisotopic (exact) mass is 311 g/mol. The zero-order valence-corrected chi connectivity index (χ0v) is 12.5. The van der Waals surface area contributed by atoms with Crippen LogP contribution in [0.4, 0.5) is 10.5 Å². The Morgan fingerprint density at radius 1 is 1.29 bits per heavy atom. The smallest absolute Gasteiger partial charge is 0.319 e. The molecule has 1 saturated carbocycles. The molecule has 2 rings (SSSR count). The van der Waals surface area contributed by atoms with Crippen molar-refractivity contribution in [2.75, 3.05) is 25.5 Å². The van der Waals surface area contributed by atoms with Crippen LogP contribution >= 0.6 is 11.6 Å². The lowest BCUT2D eigenvalue weighted by atomic mass is 10.3. The number of nitrogens with one attached hydrogen (secondary N) is 3. The van der Waals surface area contributed by atoms with Gasteiger partial charge in [-0.3, -0.25) is 4.79 Å². The Bertz CT molecular complexity index is 532. The van der Waals surface area contributed by atoms with E-state index >= 15 is 0 Å². The normalized spacial score (nSPS) is 13.4. The van der Waals surface area contributed by atoms with Gasteiger partial charge >= 0.3 is 6.03 Å². The lowest BCUT2D eigenvalue weighted by Crippen LogP contribution is -2.37. The second-order valence-electron chi connectivity index (χ2n) is 4.77. The van der Waals surface area contributed by atoms with Gasteiger partial charge in [-0.05, 0) is 25.0 Å². The van der Waals surface area contributed by atoms with E-state index < -0.39 is 0 Å². The van der Waals surface area contributed by atoms with Crippen LogP contribution in [0.5, 0.6) is 5.75 Å². The van der Waals surface area contributed by atoms with Gasteiger partial charge in [-0.15, -0.1) is 0 Å². The first-order chi connectivity index (χ1) is 10.1. The summed E-state index contributed by atoms with van der Waals surface area (Å²) in [5, 5.41) is 8.50. The molecule has 1 aromatic rings. The number of rotatable bonds is 6. The molecule has 3 N–H and O–H groups in total. The highest BCUT2D eigenvalue weighted by Gasteiger charge is 2.28. The lowest BCUT2D eigenvalue weighted by Gasteiger charge is -2.12. The first-order valence-corrected chi connectivity index (χ1v) is 7.14. The fourth-order valence-corrected chi connectivity index (χ4v) is 2.08. The van der Waals surface area contributed by atoms with E-state index in [0.29, 0.717) is 29.5 Å². The quantitative estimate of drug-likeness (QED) is 0.703. The van der Waals surface area contributed by atoms with Crippen LogP contribution in [-0.4, -0.2) is 32.1 Å². The van der Waals surface area contributed by atoms with Gasteiger partial charge in [0.05, 0.1) is 17.8 Å². The molecule has 3 amide bonds. The van der Waals surface area contributed by atoms with E-state index in [4.69, 9.17) is 16.3 Å². The third-order valence-electron chi connectivity index (χ3n) is 3.08. The molecule has 7 heteroatoms. The Labute approximate surface area is 128 Å². The number of para-hydroxylation sites is 1. The van der Waals surface area contributed by atoms with Gasteiger partial charge < -0.3 is 20.7 Å². The van der Waals surface area contributed by atoms with Gasteiger partial charge in [-0.1, -0.05) is 17.7 Å². The largest absolute Gasteiger partial charge is 0.493 e. The van der Waals surface area contributed by atoms with Crippen LogP contribution in [0.15, 0.2) is 18.2 Å². The van der Waals surface area contributed by atoms with Crippen molar-refractivity contribution in [1.29, 1.82) is 0 Å². The van der Waals surface area contributed by atoms with Gasteiger partial charge in [0.2, 0.25) is 5.91 Å². The molecule has 0 bridgehead atoms. The predicted molar refractivity (Wildman–Crippen MR) is 80.8 cm³/mol. The highest BCUT2D eigenvalue weighted by atomic mass is 35.5. The first kappa shape index (κ1) is 15.4. The average Bonchev–Trinajstić information content (AvgIpc) is 3.28. The Kier molecular flexibility index (Phi) is 5.27. The molecule has 6 nitrogen and oxygen atoms in total. The van der Waals surface area contributed by atoms with Crippen LogP contribution < -0.4 is 20.7 Å². The van der Waals surface area contributed by atoms with Crippen molar-refractivity contribution in [3.8, 4) is 5.75 Å². The summed E-state index contributed by atoms with van der Waals surface area (Å²) >= 11 is 5.97. The predicted octanol–water partition coefficient (Wildman–Crippen LogP) is 2.00. The van der Waals surface area contributed by atoms with E-state index in [-0.39, 0.29) is 17.9 Å². The minimum absolute atomic E-state index is 0.0636. The number of urea groups is 1. The number of hydrogen-bond acceptors (Lipinski definition) is 3. The number of amides is 3. The van der Waals surface area contributed by atoms with Crippen molar-refractivity contribution in [3.05, 3.63) is 23.2 Å². The average molecular weight is 312 g/mol. The van der Waals surface area contributed by atoms with E-state index in [0.717, 1.165) is 12.8 Å². The molecule has 1 aromatic carbocycles. The number of carbonyl (C=O) groups is 2. The van der Waals surface area contributed by atoms with E-state index in [1.54, 1.807) is 18.2 Å². The van der Waals surface area contributed by atoms with E-state index in [1.165, 1.54) is 7.11 Å². The van der Waals surface area contributed by atoms with E-state index in [1.807, 2.05) is 0 Å². The number of carbonyl (C=O) groups excluding carboxylic acids is 2. The first-order valence-electron chi connectivity index (χ1n) is 6.77. The summed E-state index contributed by atoms with van der Waals surface area (Å²) in [5.41, 5.74) is 0.490. The standard InChI is InChI=1S/C14H18ClN3O3/c1-21-12-10(15)3-2-4-11(12)18-14(20)17-8-7-16-13(19)9-5-6-9/h2-4,9H,5-8H2,1H3,(H,16,19)(H2,17,18,20). The third-order valence-corrected chi connectivity index (χ3v) is 3.37. The number of benzene rings is 1. The maximum atomic E-state index is 11.7. The Morgan fingerprint density at radius 3 is 2.67 bits per heavy atom. The lowest BCUT2D eigenvalue weighted by molar-refractivity contribution is -0.122. The molecular weight excluding hydrogens is 294 g/mol. The number of hydrogen-bond donors (Lipinski definition) is 3. The van der Waals surface area contributed by atoms with Gasteiger partial charge in [0.15, 0.2) is 5.75 Å². The topological polar surface area (TPSA) is 79.5 Å². The molecule has 0 heterocycles. The van der Waals surface area contributed by atoms with Gasteiger partial charge in [-0.25, -0.2) is 4.79 Å². The van der Waals surface area contributed by atoms with Crippen LogP contribution in [0.3, 0.4) is 0 Å². The van der Waals surface area contributed by atoms with Crippen molar-refractivity contribution < 1.29 is 14.3 Å². The maximum Gasteiger partial charge on any atom is 0.319 e. The number of methoxy groups -OCH3 is 1. The molecule has 1 fully saturated rings. The van der Waals surface area contributed by atoms with E-state index in [9.17, 15) is 9.59 Å². The molecule has 0 saturated heterocycles. The molecule has 1 aliphatic rings. The van der Waals surface area contributed by atoms with Gasteiger partial charge in [-0.2, -0.15) is 0 Å². The van der Waals surface area contributed by atoms with Gasteiger partial charge in [0.25, 0.3) is 0 Å². The second-order valence-corrected chi connectivity index (χ2v) is 5.17. The number of anilines is 1. The van der Waals surface area contributed by atoms with Crippen LogP contribution in [0, 0.1) is 5.92 Å². The van der Waals surface area contributed by atoms with Crippen molar-refractivity contribution >= 4 is 29.2 Å². The molecule has 0 unspecified atom stereocenters. The summed E-state index contributed by atoms with van der Waals surface area (Å²) in [6, 6.07) is 4.71. The zero-order chi connectivity index (χ0) is 15.2. The number of ether oxygens (including phenoxy) is 1. The van der Waals surface area contributed by atoms with Crippen LogP contribution in [0.2, 0.25) is 5.02 Å². The SMILES string of the molecule is COc1c(Cl)cccc1NC(=O)NCCNC(=O)C1CC1. The Hall–Kier alpha value is -1.95. The van der Waals surface area contributed by atoms with Crippen molar-refractivity contribution in [1.82, 2.24) is 10.6 Å². The summed E-state index contributed by atoms with van der Waals surface area (Å²) in [5.74, 6) is 0.652. The molecule has 0 aromatic heterocycles. The molecule has 0 atom stereocenters. The molecule has 1 aliphatic carbocycles. The van der Waals surface area contributed by atoms with Crippen LogP contribution in [-0.2, 0) is 4.79 Å². The van der Waals surface area contributed by atoms with Crippen molar-refractivity contribution in [2.24, 2.45) is 5.92 Å². The summed E-state index contributed by atoms with van der Waals surface area (Å²) in [6.07, 6.45) is 1.93. The summed E-state index contributed by atoms with van der Waals surface area (Å²) in [7, 11) is 1.48. The number of halogens is 1. The second kappa shape index (κ2) is 7.17. The molecule has 0 aliphatic heterocycles. The summed E-state index contributed by atoms with van der Waals surface area (Å²) in [6.45, 7) is 0.766. The van der Waals surface area contributed by atoms with Gasteiger partial charge in [0.1, 0.15) is 0 Å². The third kappa shape index (κ3) is 4.53. The Morgan fingerprint density at radius 2 is 2.00 bits per heavy atom. The molecular formula is C14H18ClN3O3. The minimum Gasteiger partial charge on any atom is -0.493 e. The molecule has 114 valence electrons. The zero-order valence-electron chi connectivity index (χ0n) is 11.7. The summed E-state index contributed by atoms with van der Waals surface area (Å²) < 4.78 is 5.14. The van der Waals surface area contributed by atoms with E-state index in [2.05, 4.69) is 16.0 Å². The van der Waals surface area contributed by atoms with Crippen molar-refractivity contribution in [2.45, 2.75) is 12.8 Å². The molecule has 21 heavy (non-hydrogen) atoms. The molecule has 0 spiro atoms.